The fraction of sp³-hybridized carbons (Fsp3) is 0.364. The van der Waals surface area contributed by atoms with Crippen LogP contribution in [0.4, 0.5) is 5.69 Å². The number of rotatable bonds is 6. The van der Waals surface area contributed by atoms with E-state index in [1.807, 2.05) is 0 Å². The van der Waals surface area contributed by atoms with Crippen LogP contribution in [0, 0.1) is 0 Å². The van der Waals surface area contributed by atoms with E-state index in [4.69, 9.17) is 11.6 Å². The summed E-state index contributed by atoms with van der Waals surface area (Å²) < 4.78 is 5.40. The van der Waals surface area contributed by atoms with Gasteiger partial charge in [-0.1, -0.05) is 17.7 Å². The smallest absolute Gasteiger partial charge is 0.327 e. The summed E-state index contributed by atoms with van der Waals surface area (Å²) in [7, 11) is 1.24. The zero-order valence-electron chi connectivity index (χ0n) is 9.98. The molecule has 6 nitrogen and oxygen atoms in total. The van der Waals surface area contributed by atoms with E-state index in [2.05, 4.69) is 21.7 Å². The Kier molecular flexibility index (Phi) is 5.38. The molecule has 0 saturated carbocycles. The lowest BCUT2D eigenvalue weighted by atomic mass is 10.4. The molecule has 1 rings (SSSR count). The maximum atomic E-state index is 11.8. The Bertz CT molecular complexity index is 499. The fourth-order valence-electron chi connectivity index (χ4n) is 1.20. The van der Waals surface area contributed by atoms with Gasteiger partial charge in [0.1, 0.15) is 11.6 Å². The molecule has 0 aliphatic rings. The summed E-state index contributed by atoms with van der Waals surface area (Å²) in [6, 6.07) is 0. The highest BCUT2D eigenvalue weighted by Gasteiger charge is 2.11. The normalized spacial score (nSPS) is 9.89. The van der Waals surface area contributed by atoms with Crippen LogP contribution in [0.1, 0.15) is 6.42 Å². The summed E-state index contributed by atoms with van der Waals surface area (Å²) >= 11 is 5.89. The third kappa shape index (κ3) is 3.59. The Labute approximate surface area is 109 Å². The highest BCUT2D eigenvalue weighted by molar-refractivity contribution is 6.32. The minimum Gasteiger partial charge on any atom is -0.468 e. The number of methoxy groups -OCH3 is 1. The van der Waals surface area contributed by atoms with Gasteiger partial charge in [-0.05, 0) is 6.42 Å². The monoisotopic (exact) mass is 271 g/mol. The first-order valence-electron chi connectivity index (χ1n) is 5.27. The maximum Gasteiger partial charge on any atom is 0.327 e. The standard InChI is InChI=1S/C11H14ClN3O3/c1-3-4-5-13-8-6-14-15(7-9(16)18-2)11(17)10(8)12/h3,6,13H,1,4-5,7H2,2H3. The zero-order chi connectivity index (χ0) is 13.5. The molecule has 0 aliphatic carbocycles. The van der Waals surface area contributed by atoms with Gasteiger partial charge in [0.15, 0.2) is 0 Å². The lowest BCUT2D eigenvalue weighted by Gasteiger charge is -2.08. The Morgan fingerprint density at radius 2 is 2.44 bits per heavy atom. The minimum absolute atomic E-state index is 0.00188. The fourth-order valence-corrected chi connectivity index (χ4v) is 1.41. The van der Waals surface area contributed by atoms with Gasteiger partial charge in [0.2, 0.25) is 0 Å². The molecule has 0 unspecified atom stereocenters. The van der Waals surface area contributed by atoms with Crippen LogP contribution in [0.2, 0.25) is 5.02 Å². The van der Waals surface area contributed by atoms with Gasteiger partial charge in [-0.15, -0.1) is 6.58 Å². The molecule has 1 N–H and O–H groups in total. The van der Waals surface area contributed by atoms with Crippen LogP contribution >= 0.6 is 11.6 Å². The average Bonchev–Trinajstić information content (AvgIpc) is 2.37. The summed E-state index contributed by atoms with van der Waals surface area (Å²) in [6.45, 7) is 3.92. The third-order valence-electron chi connectivity index (χ3n) is 2.16. The lowest BCUT2D eigenvalue weighted by molar-refractivity contribution is -0.141. The van der Waals surface area contributed by atoms with Crippen molar-refractivity contribution in [3.8, 4) is 0 Å². The molecule has 0 radical (unpaired) electrons. The molecule has 98 valence electrons. The number of hydrogen-bond donors (Lipinski definition) is 1. The van der Waals surface area contributed by atoms with Crippen LogP contribution in [0.15, 0.2) is 23.6 Å². The van der Waals surface area contributed by atoms with Crippen LogP contribution < -0.4 is 10.9 Å². The number of carbonyl (C=O) groups excluding carboxylic acids is 1. The van der Waals surface area contributed by atoms with Crippen molar-refractivity contribution in [2.75, 3.05) is 19.0 Å². The Morgan fingerprint density at radius 3 is 3.06 bits per heavy atom. The molecular weight excluding hydrogens is 258 g/mol. The average molecular weight is 272 g/mol. The largest absolute Gasteiger partial charge is 0.468 e. The van der Waals surface area contributed by atoms with E-state index in [-0.39, 0.29) is 11.6 Å². The van der Waals surface area contributed by atoms with Crippen LogP contribution in [0.3, 0.4) is 0 Å². The van der Waals surface area contributed by atoms with Gasteiger partial charge in [-0.2, -0.15) is 5.10 Å². The molecule has 0 atom stereocenters. The third-order valence-corrected chi connectivity index (χ3v) is 2.52. The van der Waals surface area contributed by atoms with Crippen molar-refractivity contribution < 1.29 is 9.53 Å². The predicted molar refractivity (Wildman–Crippen MR) is 68.8 cm³/mol. The SMILES string of the molecule is C=CCCNc1cnn(CC(=O)OC)c(=O)c1Cl. The van der Waals surface area contributed by atoms with Crippen molar-refractivity contribution in [1.29, 1.82) is 0 Å². The molecule has 0 fully saturated rings. The number of anilines is 1. The van der Waals surface area contributed by atoms with E-state index in [9.17, 15) is 9.59 Å². The summed E-state index contributed by atoms with van der Waals surface area (Å²) in [6.07, 6.45) is 3.88. The zero-order valence-corrected chi connectivity index (χ0v) is 10.7. The summed E-state index contributed by atoms with van der Waals surface area (Å²) in [4.78, 5) is 22.8. The van der Waals surface area contributed by atoms with E-state index in [1.165, 1.54) is 13.3 Å². The molecule has 1 aromatic heterocycles. The van der Waals surface area contributed by atoms with Gasteiger partial charge in [0.25, 0.3) is 5.56 Å². The number of carbonyl (C=O) groups is 1. The van der Waals surface area contributed by atoms with Crippen LogP contribution in [-0.2, 0) is 16.1 Å². The molecule has 1 aromatic rings. The van der Waals surface area contributed by atoms with Crippen LogP contribution in [0.25, 0.3) is 0 Å². The van der Waals surface area contributed by atoms with Crippen molar-refractivity contribution >= 4 is 23.3 Å². The van der Waals surface area contributed by atoms with E-state index < -0.39 is 11.5 Å². The first-order valence-corrected chi connectivity index (χ1v) is 5.65. The number of aromatic nitrogens is 2. The number of nitrogens with one attached hydrogen (secondary N) is 1. The highest BCUT2D eigenvalue weighted by Crippen LogP contribution is 2.14. The molecule has 0 aromatic carbocycles. The van der Waals surface area contributed by atoms with E-state index >= 15 is 0 Å². The van der Waals surface area contributed by atoms with Gasteiger partial charge in [-0.3, -0.25) is 9.59 Å². The maximum absolute atomic E-state index is 11.8. The molecule has 18 heavy (non-hydrogen) atoms. The molecule has 0 spiro atoms. The Hall–Kier alpha value is -1.82. The summed E-state index contributed by atoms with van der Waals surface area (Å²) in [5.74, 6) is -0.562. The van der Waals surface area contributed by atoms with Crippen molar-refractivity contribution in [3.05, 3.63) is 34.2 Å². The van der Waals surface area contributed by atoms with Crippen LogP contribution in [-0.4, -0.2) is 29.4 Å². The number of ether oxygens (including phenoxy) is 1. The van der Waals surface area contributed by atoms with E-state index in [1.54, 1.807) is 6.08 Å². The quantitative estimate of drug-likeness (QED) is 0.476. The summed E-state index contributed by atoms with van der Waals surface area (Å²) in [5.41, 5.74) is -0.102. The second-order valence-electron chi connectivity index (χ2n) is 3.42. The Balaban J connectivity index is 2.87. The molecule has 0 saturated heterocycles. The first-order chi connectivity index (χ1) is 8.60. The van der Waals surface area contributed by atoms with Crippen molar-refractivity contribution in [3.63, 3.8) is 0 Å². The van der Waals surface area contributed by atoms with Crippen LogP contribution in [0.5, 0.6) is 0 Å². The second-order valence-corrected chi connectivity index (χ2v) is 3.79. The van der Waals surface area contributed by atoms with Crippen molar-refractivity contribution in [2.45, 2.75) is 13.0 Å². The molecule has 0 amide bonds. The number of esters is 1. The van der Waals surface area contributed by atoms with Gasteiger partial charge in [0.05, 0.1) is 19.0 Å². The van der Waals surface area contributed by atoms with Gasteiger partial charge < -0.3 is 10.1 Å². The van der Waals surface area contributed by atoms with Crippen molar-refractivity contribution in [2.24, 2.45) is 0 Å². The molecule has 0 bridgehead atoms. The van der Waals surface area contributed by atoms with Gasteiger partial charge >= 0.3 is 5.97 Å². The predicted octanol–water partition coefficient (Wildman–Crippen LogP) is 1.06. The number of hydrogen-bond acceptors (Lipinski definition) is 5. The Morgan fingerprint density at radius 1 is 1.72 bits per heavy atom. The van der Waals surface area contributed by atoms with Gasteiger partial charge in [-0.25, -0.2) is 4.68 Å². The molecular formula is C11H14ClN3O3. The topological polar surface area (TPSA) is 73.2 Å². The second kappa shape index (κ2) is 6.80. The van der Waals surface area contributed by atoms with Gasteiger partial charge in [0, 0.05) is 6.54 Å². The van der Waals surface area contributed by atoms with Crippen molar-refractivity contribution in [1.82, 2.24) is 9.78 Å². The first kappa shape index (κ1) is 14.2. The lowest BCUT2D eigenvalue weighted by Crippen LogP contribution is -2.28. The number of halogens is 1. The summed E-state index contributed by atoms with van der Waals surface area (Å²) in [5, 5.41) is 6.79. The molecule has 1 heterocycles. The number of nitrogens with zero attached hydrogens (tertiary/aromatic N) is 2. The minimum atomic E-state index is -0.562. The highest BCUT2D eigenvalue weighted by atomic mass is 35.5. The molecule has 7 heteroatoms. The van der Waals surface area contributed by atoms with E-state index in [0.29, 0.717) is 12.2 Å². The van der Waals surface area contributed by atoms with E-state index in [0.717, 1.165) is 11.1 Å². The molecule has 0 aliphatic heterocycles.